The number of nitrogens with zero attached hydrogens (tertiary/aromatic N) is 1. The molecule has 0 N–H and O–H groups in total. The van der Waals surface area contributed by atoms with E-state index in [1.54, 1.807) is 6.20 Å². The van der Waals surface area contributed by atoms with Gasteiger partial charge in [0.25, 0.3) is 0 Å². The summed E-state index contributed by atoms with van der Waals surface area (Å²) >= 11 is 0. The topological polar surface area (TPSA) is 3.24 Å². The Morgan fingerprint density at radius 1 is 1.43 bits per heavy atom. The number of halogens is 2. The second kappa shape index (κ2) is 9.45. The van der Waals surface area contributed by atoms with Crippen molar-refractivity contribution in [1.29, 1.82) is 0 Å². The standard InChI is InChI=1S/C4H9N.2ClH/c1-4-5(2)3;;/h4H,1H2,2-3H3;2*1H/p-1. The van der Waals surface area contributed by atoms with E-state index in [1.807, 2.05) is 19.0 Å². The molecule has 0 unspecified atom stereocenters. The van der Waals surface area contributed by atoms with Gasteiger partial charge in [0.05, 0.1) is 0 Å². The van der Waals surface area contributed by atoms with E-state index in [2.05, 4.69) is 6.58 Å². The van der Waals surface area contributed by atoms with Crippen LogP contribution in [0.25, 0.3) is 0 Å². The van der Waals surface area contributed by atoms with Crippen LogP contribution in [0.5, 0.6) is 0 Å². The molecule has 3 heteroatoms. The maximum atomic E-state index is 3.49. The first-order chi connectivity index (χ1) is 2.27. The molecule has 0 fully saturated rings. The molecule has 1 nitrogen and oxygen atoms in total. The van der Waals surface area contributed by atoms with Crippen molar-refractivity contribution in [2.75, 3.05) is 14.1 Å². The molecule has 0 bridgehead atoms. The molecule has 0 aliphatic carbocycles. The van der Waals surface area contributed by atoms with Crippen LogP contribution in [-0.2, 0) is 0 Å². The van der Waals surface area contributed by atoms with Crippen molar-refractivity contribution in [3.8, 4) is 0 Å². The van der Waals surface area contributed by atoms with E-state index < -0.39 is 0 Å². The average Bonchev–Trinajstić information content (AvgIpc) is 1.38. The van der Waals surface area contributed by atoms with Gasteiger partial charge in [-0.05, 0) is 6.20 Å². The van der Waals surface area contributed by atoms with Crippen LogP contribution in [0.2, 0.25) is 0 Å². The Morgan fingerprint density at radius 3 is 1.57 bits per heavy atom. The highest BCUT2D eigenvalue weighted by atomic mass is 35.5. The third kappa shape index (κ3) is 23.1. The van der Waals surface area contributed by atoms with Gasteiger partial charge in [-0.15, -0.1) is 12.4 Å². The van der Waals surface area contributed by atoms with Crippen LogP contribution in [0.4, 0.5) is 0 Å². The summed E-state index contributed by atoms with van der Waals surface area (Å²) in [7, 11) is 3.88. The van der Waals surface area contributed by atoms with Crippen molar-refractivity contribution >= 4 is 12.4 Å². The fourth-order valence-electron chi connectivity index (χ4n) is 0. The van der Waals surface area contributed by atoms with Crippen molar-refractivity contribution in [3.05, 3.63) is 12.8 Å². The van der Waals surface area contributed by atoms with Crippen LogP contribution in [0.3, 0.4) is 0 Å². The molecule has 7 heavy (non-hydrogen) atoms. The minimum absolute atomic E-state index is 0. The van der Waals surface area contributed by atoms with Crippen LogP contribution >= 0.6 is 12.4 Å². The van der Waals surface area contributed by atoms with E-state index >= 15 is 0 Å². The number of hydrogen-bond acceptors (Lipinski definition) is 1. The van der Waals surface area contributed by atoms with E-state index in [0.717, 1.165) is 0 Å². The second-order valence-corrected chi connectivity index (χ2v) is 1.15. The summed E-state index contributed by atoms with van der Waals surface area (Å²) < 4.78 is 0. The monoisotopic (exact) mass is 142 g/mol. The summed E-state index contributed by atoms with van der Waals surface area (Å²) in [5, 5.41) is 0. The zero-order chi connectivity index (χ0) is 4.28. The molecular formula is C4H10Cl2N-. The number of rotatable bonds is 1. The van der Waals surface area contributed by atoms with Crippen molar-refractivity contribution in [2.24, 2.45) is 0 Å². The molecule has 0 aliphatic rings. The third-order valence-corrected chi connectivity index (χ3v) is 0.365. The van der Waals surface area contributed by atoms with E-state index in [4.69, 9.17) is 0 Å². The zero-order valence-corrected chi connectivity index (χ0v) is 6.09. The van der Waals surface area contributed by atoms with Gasteiger partial charge in [-0.1, -0.05) is 6.58 Å². The number of hydrogen-bond donors (Lipinski definition) is 0. The van der Waals surface area contributed by atoms with Crippen LogP contribution < -0.4 is 12.4 Å². The fourth-order valence-corrected chi connectivity index (χ4v) is 0. The largest absolute Gasteiger partial charge is 1.00 e. The molecule has 0 aromatic heterocycles. The first-order valence-corrected chi connectivity index (χ1v) is 1.56. The quantitative estimate of drug-likeness (QED) is 0.415. The molecular weight excluding hydrogens is 133 g/mol. The van der Waals surface area contributed by atoms with Gasteiger partial charge in [0.15, 0.2) is 0 Å². The van der Waals surface area contributed by atoms with Gasteiger partial charge in [-0.3, -0.25) is 0 Å². The van der Waals surface area contributed by atoms with E-state index in [-0.39, 0.29) is 24.8 Å². The van der Waals surface area contributed by atoms with Crippen LogP contribution in [0.1, 0.15) is 0 Å². The maximum Gasteiger partial charge on any atom is 0.00554 e. The maximum absolute atomic E-state index is 3.49. The molecule has 0 atom stereocenters. The van der Waals surface area contributed by atoms with E-state index in [1.165, 1.54) is 0 Å². The van der Waals surface area contributed by atoms with Crippen molar-refractivity contribution in [1.82, 2.24) is 4.90 Å². The Kier molecular flexibility index (Phi) is 21.2. The Bertz CT molecular complexity index is 36.7. The minimum Gasteiger partial charge on any atom is -1.00 e. The summed E-state index contributed by atoms with van der Waals surface area (Å²) in [6.45, 7) is 3.49. The Hall–Kier alpha value is 0.120. The summed E-state index contributed by atoms with van der Waals surface area (Å²) in [6, 6.07) is 0. The molecule has 0 heterocycles. The van der Waals surface area contributed by atoms with Gasteiger partial charge < -0.3 is 17.3 Å². The molecule has 0 saturated heterocycles. The van der Waals surface area contributed by atoms with Crippen molar-refractivity contribution in [3.63, 3.8) is 0 Å². The molecule has 0 amide bonds. The van der Waals surface area contributed by atoms with Crippen molar-refractivity contribution in [2.45, 2.75) is 0 Å². The first kappa shape index (κ1) is 15.7. The molecule has 0 rings (SSSR count). The average molecular weight is 143 g/mol. The molecule has 0 radical (unpaired) electrons. The van der Waals surface area contributed by atoms with Crippen LogP contribution in [0, 0.1) is 0 Å². The molecule has 0 aromatic rings. The Balaban J connectivity index is -0.0000000800. The summed E-state index contributed by atoms with van der Waals surface area (Å²) in [5.74, 6) is 0. The lowest BCUT2D eigenvalue weighted by Crippen LogP contribution is -3.00. The highest BCUT2D eigenvalue weighted by molar-refractivity contribution is 5.85. The fraction of sp³-hybridized carbons (Fsp3) is 0.500. The normalized spacial score (nSPS) is 4.86. The van der Waals surface area contributed by atoms with Crippen LogP contribution in [0.15, 0.2) is 12.8 Å². The lowest BCUT2D eigenvalue weighted by molar-refractivity contribution is -0.00000137. The van der Waals surface area contributed by atoms with E-state index in [9.17, 15) is 0 Å². The zero-order valence-electron chi connectivity index (χ0n) is 4.52. The smallest absolute Gasteiger partial charge is 0.00554 e. The first-order valence-electron chi connectivity index (χ1n) is 1.56. The minimum atomic E-state index is 0. The van der Waals surface area contributed by atoms with Gasteiger partial charge >= 0.3 is 0 Å². The second-order valence-electron chi connectivity index (χ2n) is 1.15. The Labute approximate surface area is 57.2 Å². The van der Waals surface area contributed by atoms with Crippen LogP contribution in [-0.4, -0.2) is 19.0 Å². The van der Waals surface area contributed by atoms with Gasteiger partial charge in [0.2, 0.25) is 0 Å². The van der Waals surface area contributed by atoms with Gasteiger partial charge in [0, 0.05) is 14.1 Å². The summed E-state index contributed by atoms with van der Waals surface area (Å²) in [5.41, 5.74) is 0. The predicted octanol–water partition coefficient (Wildman–Crippen LogP) is -1.88. The lowest BCUT2D eigenvalue weighted by atomic mass is 10.9. The lowest BCUT2D eigenvalue weighted by Gasteiger charge is -1.98. The molecule has 46 valence electrons. The summed E-state index contributed by atoms with van der Waals surface area (Å²) in [6.07, 6.45) is 1.75. The van der Waals surface area contributed by atoms with Gasteiger partial charge in [0.1, 0.15) is 0 Å². The highest BCUT2D eigenvalue weighted by Gasteiger charge is 1.61. The highest BCUT2D eigenvalue weighted by Crippen LogP contribution is 1.64. The molecule has 0 spiro atoms. The molecule has 0 aromatic carbocycles. The SMILES string of the molecule is C=CN(C)C.Cl.[Cl-]. The third-order valence-electron chi connectivity index (χ3n) is 0.365. The Morgan fingerprint density at radius 2 is 1.57 bits per heavy atom. The molecule has 0 saturated carbocycles. The summed E-state index contributed by atoms with van der Waals surface area (Å²) in [4.78, 5) is 1.89. The van der Waals surface area contributed by atoms with E-state index in [0.29, 0.717) is 0 Å². The molecule has 0 aliphatic heterocycles. The predicted molar refractivity (Wildman–Crippen MR) is 31.1 cm³/mol. The van der Waals surface area contributed by atoms with Crippen molar-refractivity contribution < 1.29 is 12.4 Å². The van der Waals surface area contributed by atoms with Gasteiger partial charge in [-0.25, -0.2) is 0 Å². The van der Waals surface area contributed by atoms with Gasteiger partial charge in [-0.2, -0.15) is 0 Å².